The fourth-order valence-corrected chi connectivity index (χ4v) is 6.41. The van der Waals surface area contributed by atoms with Crippen LogP contribution in [0.1, 0.15) is 67.7 Å². The van der Waals surface area contributed by atoms with E-state index in [4.69, 9.17) is 18.0 Å². The zero-order valence-corrected chi connectivity index (χ0v) is 18.2. The minimum atomic E-state index is -2.59. The molecule has 1 rings (SSSR count). The van der Waals surface area contributed by atoms with E-state index in [9.17, 15) is 5.21 Å². The summed E-state index contributed by atoms with van der Waals surface area (Å²) in [6.07, 6.45) is 2.46. The predicted octanol–water partition coefficient (Wildman–Crippen LogP) is 3.96. The summed E-state index contributed by atoms with van der Waals surface area (Å²) in [7, 11) is -2.59. The summed E-state index contributed by atoms with van der Waals surface area (Å²) in [6, 6.07) is 0.760. The van der Waals surface area contributed by atoms with Crippen molar-refractivity contribution in [3.05, 3.63) is 5.21 Å². The molecule has 1 aliphatic rings. The van der Waals surface area contributed by atoms with Gasteiger partial charge in [-0.05, 0) is 67.7 Å². The average Bonchev–Trinajstić information content (AvgIpc) is 2.49. The number of ether oxygens (including phenoxy) is 1. The highest BCUT2D eigenvalue weighted by Gasteiger charge is 2.42. The summed E-state index contributed by atoms with van der Waals surface area (Å²) in [6.45, 7) is 16.3. The molecule has 25 heavy (non-hydrogen) atoms. The first kappa shape index (κ1) is 23.0. The van der Waals surface area contributed by atoms with Crippen LogP contribution in [0.3, 0.4) is 0 Å². The Kier molecular flexibility index (Phi) is 9.00. The highest BCUT2D eigenvalue weighted by atomic mass is 28.4. The van der Waals surface area contributed by atoms with Gasteiger partial charge < -0.3 is 28.3 Å². The highest BCUT2D eigenvalue weighted by Crippen LogP contribution is 2.38. The lowest BCUT2D eigenvalue weighted by molar-refractivity contribution is -0.0812. The third-order valence-corrected chi connectivity index (χ3v) is 7.78. The first-order valence-corrected chi connectivity index (χ1v) is 11.6. The molecule has 0 bridgehead atoms. The van der Waals surface area contributed by atoms with Gasteiger partial charge in [-0.3, -0.25) is 0 Å². The minimum absolute atomic E-state index is 0.109. The molecule has 150 valence electrons. The van der Waals surface area contributed by atoms with Crippen LogP contribution < -0.4 is 0 Å². The Bertz CT molecular complexity index is 357. The quantitative estimate of drug-likeness (QED) is 0.402. The molecule has 0 saturated carbocycles. The van der Waals surface area contributed by atoms with Crippen LogP contribution in [-0.4, -0.2) is 57.5 Å². The standard InChI is InChI=1S/C18H38NO5Si/c1-8-22-25(23-9-2,24-10-3)13-11-12-21-16-14-17(4,5)19(20)18(6,7)15-16/h16H,8-15H2,1-7H3/q-1. The van der Waals surface area contributed by atoms with Crippen LogP contribution >= 0.6 is 0 Å². The lowest BCUT2D eigenvalue weighted by Crippen LogP contribution is -2.59. The van der Waals surface area contributed by atoms with Crippen LogP contribution in [0.2, 0.25) is 6.04 Å². The second-order valence-corrected chi connectivity index (χ2v) is 10.6. The normalized spacial score (nSPS) is 21.6. The Morgan fingerprint density at radius 1 is 0.920 bits per heavy atom. The van der Waals surface area contributed by atoms with Crippen LogP contribution in [-0.2, 0) is 18.0 Å². The minimum Gasteiger partial charge on any atom is -0.784 e. The Morgan fingerprint density at radius 2 is 1.36 bits per heavy atom. The van der Waals surface area contributed by atoms with Crippen molar-refractivity contribution in [2.75, 3.05) is 26.4 Å². The molecule has 0 aliphatic carbocycles. The van der Waals surface area contributed by atoms with Crippen molar-refractivity contribution >= 4 is 8.80 Å². The van der Waals surface area contributed by atoms with Crippen molar-refractivity contribution in [1.29, 1.82) is 0 Å². The van der Waals surface area contributed by atoms with Gasteiger partial charge in [0.2, 0.25) is 0 Å². The molecule has 1 fully saturated rings. The molecule has 1 saturated heterocycles. The predicted molar refractivity (Wildman–Crippen MR) is 102 cm³/mol. The van der Waals surface area contributed by atoms with Crippen LogP contribution in [0, 0.1) is 5.21 Å². The first-order chi connectivity index (χ1) is 11.6. The zero-order valence-electron chi connectivity index (χ0n) is 17.2. The Hall–Kier alpha value is -0.0231. The van der Waals surface area contributed by atoms with E-state index in [1.54, 1.807) is 0 Å². The summed E-state index contributed by atoms with van der Waals surface area (Å²) in [5.74, 6) is 0. The molecule has 0 spiro atoms. The van der Waals surface area contributed by atoms with Crippen molar-refractivity contribution in [1.82, 2.24) is 5.06 Å². The number of hydrogen-bond acceptors (Lipinski definition) is 6. The molecule has 0 aromatic carbocycles. The topological polar surface area (TPSA) is 63.2 Å². The smallest absolute Gasteiger partial charge is 0.501 e. The van der Waals surface area contributed by atoms with E-state index >= 15 is 0 Å². The fourth-order valence-electron chi connectivity index (χ4n) is 3.83. The van der Waals surface area contributed by atoms with E-state index in [2.05, 4.69) is 0 Å². The van der Waals surface area contributed by atoms with E-state index in [1.165, 1.54) is 5.06 Å². The monoisotopic (exact) mass is 376 g/mol. The maximum atomic E-state index is 12.4. The van der Waals surface area contributed by atoms with Crippen molar-refractivity contribution in [3.63, 3.8) is 0 Å². The van der Waals surface area contributed by atoms with Gasteiger partial charge >= 0.3 is 8.80 Å². The molecular weight excluding hydrogens is 338 g/mol. The maximum absolute atomic E-state index is 12.4. The SMILES string of the molecule is CCO[Si](CCCOC1CC(C)(C)N([O-])C(C)(C)C1)(OCC)OCC. The summed E-state index contributed by atoms with van der Waals surface area (Å²) >= 11 is 0. The lowest BCUT2D eigenvalue weighted by Gasteiger charge is -2.59. The molecule has 0 radical (unpaired) electrons. The molecule has 0 aromatic rings. The largest absolute Gasteiger partial charge is 0.784 e. The molecule has 6 nitrogen and oxygen atoms in total. The third-order valence-electron chi connectivity index (χ3n) is 4.63. The molecule has 0 atom stereocenters. The van der Waals surface area contributed by atoms with Crippen LogP contribution in [0.5, 0.6) is 0 Å². The fraction of sp³-hybridized carbons (Fsp3) is 1.00. The van der Waals surface area contributed by atoms with Gasteiger partial charge in [-0.2, -0.15) is 0 Å². The number of hydrogen-bond donors (Lipinski definition) is 0. The Labute approximate surface area is 155 Å². The summed E-state index contributed by atoms with van der Waals surface area (Å²) in [5, 5.41) is 13.6. The van der Waals surface area contributed by atoms with Crippen LogP contribution in [0.15, 0.2) is 0 Å². The molecule has 0 amide bonds. The third kappa shape index (κ3) is 6.57. The van der Waals surface area contributed by atoms with E-state index in [1.807, 2.05) is 48.5 Å². The molecular formula is C18H38NO5Si-. The molecule has 1 heterocycles. The lowest BCUT2D eigenvalue weighted by atomic mass is 9.80. The van der Waals surface area contributed by atoms with Crippen molar-refractivity contribution in [3.8, 4) is 0 Å². The van der Waals surface area contributed by atoms with Gasteiger partial charge in [0, 0.05) is 43.5 Å². The van der Waals surface area contributed by atoms with Crippen LogP contribution in [0.4, 0.5) is 0 Å². The summed E-state index contributed by atoms with van der Waals surface area (Å²) in [5.41, 5.74) is -0.792. The number of nitrogens with zero attached hydrogens (tertiary/aromatic N) is 1. The van der Waals surface area contributed by atoms with Gasteiger partial charge in [0.05, 0.1) is 6.10 Å². The Balaban J connectivity index is 2.52. The number of rotatable bonds is 11. The van der Waals surface area contributed by atoms with Crippen molar-refractivity contribution in [2.45, 2.75) is 91.0 Å². The molecule has 0 unspecified atom stereocenters. The summed E-state index contributed by atoms with van der Waals surface area (Å²) in [4.78, 5) is 0. The van der Waals surface area contributed by atoms with E-state index in [0.29, 0.717) is 26.4 Å². The van der Waals surface area contributed by atoms with Gasteiger partial charge in [-0.25, -0.2) is 0 Å². The van der Waals surface area contributed by atoms with Crippen molar-refractivity contribution in [2.24, 2.45) is 0 Å². The zero-order chi connectivity index (χ0) is 19.1. The molecule has 7 heteroatoms. The maximum Gasteiger partial charge on any atom is 0.501 e. The van der Waals surface area contributed by atoms with Gasteiger partial charge in [0.15, 0.2) is 0 Å². The van der Waals surface area contributed by atoms with E-state index in [-0.39, 0.29) is 6.10 Å². The molecule has 1 aliphatic heterocycles. The van der Waals surface area contributed by atoms with Gasteiger partial charge in [-0.1, -0.05) is 0 Å². The number of hydroxylamine groups is 2. The molecule has 0 aromatic heterocycles. The average molecular weight is 377 g/mol. The summed E-state index contributed by atoms with van der Waals surface area (Å²) < 4.78 is 23.7. The molecule has 0 N–H and O–H groups in total. The Morgan fingerprint density at radius 3 is 1.76 bits per heavy atom. The van der Waals surface area contributed by atoms with Crippen LogP contribution in [0.25, 0.3) is 0 Å². The van der Waals surface area contributed by atoms with Gasteiger partial charge in [-0.15, -0.1) is 0 Å². The second-order valence-electron chi connectivity index (χ2n) is 7.91. The van der Waals surface area contributed by atoms with Crippen molar-refractivity contribution < 1.29 is 18.0 Å². The van der Waals surface area contributed by atoms with E-state index in [0.717, 1.165) is 25.3 Å². The first-order valence-electron chi connectivity index (χ1n) is 9.63. The second kappa shape index (κ2) is 9.78. The van der Waals surface area contributed by atoms with Gasteiger partial charge in [0.1, 0.15) is 0 Å². The van der Waals surface area contributed by atoms with Gasteiger partial charge in [0.25, 0.3) is 0 Å². The highest BCUT2D eigenvalue weighted by molar-refractivity contribution is 6.60. The number of piperidine rings is 1. The van der Waals surface area contributed by atoms with E-state index < -0.39 is 19.9 Å².